The van der Waals surface area contributed by atoms with Gasteiger partial charge in [0.15, 0.2) is 0 Å². The van der Waals surface area contributed by atoms with Gasteiger partial charge in [-0.15, -0.1) is 0 Å². The maximum absolute atomic E-state index is 11.6. The van der Waals surface area contributed by atoms with Crippen molar-refractivity contribution in [1.82, 2.24) is 0 Å². The second-order valence-electron chi connectivity index (χ2n) is 5.76. The summed E-state index contributed by atoms with van der Waals surface area (Å²) in [5.41, 5.74) is -2.33. The molecule has 2 aromatic carbocycles. The summed E-state index contributed by atoms with van der Waals surface area (Å²) in [6.07, 6.45) is 0. The van der Waals surface area contributed by atoms with Crippen molar-refractivity contribution >= 4 is 31.4 Å². The maximum atomic E-state index is 11.6. The van der Waals surface area contributed by atoms with E-state index in [1.165, 1.54) is 38.0 Å². The number of aromatic carboxylic acids is 4. The Hall–Kier alpha value is -3.85. The smallest absolute Gasteiger partial charge is 0.340 e. The van der Waals surface area contributed by atoms with Gasteiger partial charge in [-0.1, -0.05) is 27.0 Å². The van der Waals surface area contributed by atoms with Gasteiger partial charge >= 0.3 is 31.4 Å². The van der Waals surface area contributed by atoms with Crippen LogP contribution in [0.2, 0.25) is 0 Å². The van der Waals surface area contributed by atoms with Crippen molar-refractivity contribution in [3.8, 4) is 11.5 Å². The number of carbonyl (C=O) groups is 4. The highest BCUT2D eigenvalue weighted by Crippen LogP contribution is 2.50. The molecule has 0 aliphatic carbocycles. The van der Waals surface area contributed by atoms with E-state index in [9.17, 15) is 39.6 Å². The van der Waals surface area contributed by atoms with Crippen LogP contribution in [0.15, 0.2) is 41.1 Å². The summed E-state index contributed by atoms with van der Waals surface area (Å²) in [7, 11) is -2.14. The van der Waals surface area contributed by atoms with E-state index in [-0.39, 0.29) is 26.4 Å². The number of benzene rings is 2. The first-order chi connectivity index (χ1) is 14.0. The minimum Gasteiger partial charge on any atom is -0.478 e. The SMILES string of the molecule is C.C.CN=P(C)(Oc1cccc(C(=O)O)c1C(=O)O)Oc1cccc(C(=O)O)c1C(=O)O. The van der Waals surface area contributed by atoms with Crippen LogP contribution in [-0.2, 0) is 0 Å². The second-order valence-corrected chi connectivity index (χ2v) is 8.13. The zero-order valence-electron chi connectivity index (χ0n) is 15.6. The van der Waals surface area contributed by atoms with E-state index in [1.54, 1.807) is 0 Å². The minimum atomic E-state index is -3.42. The van der Waals surface area contributed by atoms with Crippen molar-refractivity contribution in [3.05, 3.63) is 58.7 Å². The molecule has 0 atom stereocenters. The summed E-state index contributed by atoms with van der Waals surface area (Å²) >= 11 is 0. The van der Waals surface area contributed by atoms with Crippen molar-refractivity contribution in [3.63, 3.8) is 0 Å². The van der Waals surface area contributed by atoms with Gasteiger partial charge in [-0.3, -0.25) is 0 Å². The van der Waals surface area contributed by atoms with Crippen LogP contribution in [-0.4, -0.2) is 58.0 Å². The van der Waals surface area contributed by atoms with Crippen molar-refractivity contribution in [2.45, 2.75) is 14.9 Å². The standard InChI is InChI=1S/C18H16NO10P.2CH4/c1-19-30(2,28-11-7-3-5-9(15(20)21)13(11)17(24)25)29-12-8-4-6-10(16(22)23)14(12)18(26)27;;/h3-8H,1-2H3,(H,20,21)(H,22,23)(H,24,25)(H,26,27);2*1H4. The van der Waals surface area contributed by atoms with Gasteiger partial charge in [0.25, 0.3) is 0 Å². The van der Waals surface area contributed by atoms with Gasteiger partial charge in [-0.2, -0.15) is 0 Å². The third-order valence-electron chi connectivity index (χ3n) is 3.84. The van der Waals surface area contributed by atoms with E-state index in [2.05, 4.69) is 4.74 Å². The molecule has 0 aromatic heterocycles. The van der Waals surface area contributed by atoms with E-state index in [1.807, 2.05) is 0 Å². The summed E-state index contributed by atoms with van der Waals surface area (Å²) in [5, 5.41) is 37.3. The highest BCUT2D eigenvalue weighted by molar-refractivity contribution is 7.56. The molecule has 0 heterocycles. The largest absolute Gasteiger partial charge is 0.478 e. The van der Waals surface area contributed by atoms with Gasteiger partial charge in [0.1, 0.15) is 22.6 Å². The quantitative estimate of drug-likeness (QED) is 0.402. The number of hydrogen-bond donors (Lipinski definition) is 4. The first-order valence-corrected chi connectivity index (χ1v) is 10.1. The van der Waals surface area contributed by atoms with Crippen LogP contribution >= 0.6 is 7.51 Å². The Balaban J connectivity index is 0.00000480. The highest BCUT2D eigenvalue weighted by atomic mass is 31.2. The van der Waals surface area contributed by atoms with Gasteiger partial charge in [0.05, 0.1) is 11.1 Å². The summed E-state index contributed by atoms with van der Waals surface area (Å²) in [6, 6.07) is 7.09. The summed E-state index contributed by atoms with van der Waals surface area (Å²) < 4.78 is 15.2. The van der Waals surface area contributed by atoms with Crippen LogP contribution in [0, 0.1) is 0 Å². The molecule has 0 fully saturated rings. The third kappa shape index (κ3) is 5.86. The second kappa shape index (κ2) is 11.0. The topological polar surface area (TPSA) is 180 Å². The molecule has 0 radical (unpaired) electrons. The molecule has 0 aliphatic rings. The third-order valence-corrected chi connectivity index (χ3v) is 5.64. The molecule has 12 heteroatoms. The van der Waals surface area contributed by atoms with Gasteiger partial charge in [-0.25, -0.2) is 23.9 Å². The number of hydrogen-bond acceptors (Lipinski definition) is 7. The Bertz CT molecular complexity index is 1030. The normalized spacial score (nSPS) is 10.1. The molecule has 0 bridgehead atoms. The summed E-state index contributed by atoms with van der Waals surface area (Å²) in [6.45, 7) is 1.32. The van der Waals surface area contributed by atoms with Crippen LogP contribution in [0.5, 0.6) is 11.5 Å². The van der Waals surface area contributed by atoms with Crippen LogP contribution < -0.4 is 9.05 Å². The number of nitrogens with zero attached hydrogens (tertiary/aromatic N) is 1. The molecule has 11 nitrogen and oxygen atoms in total. The first kappa shape index (κ1) is 28.1. The lowest BCUT2D eigenvalue weighted by molar-refractivity contribution is 0.0649. The Labute approximate surface area is 184 Å². The fourth-order valence-electron chi connectivity index (χ4n) is 2.48. The predicted octanol–water partition coefficient (Wildman–Crippen LogP) is 4.50. The Morgan fingerprint density at radius 3 is 1.31 bits per heavy atom. The van der Waals surface area contributed by atoms with E-state index in [4.69, 9.17) is 9.05 Å². The van der Waals surface area contributed by atoms with E-state index < -0.39 is 53.6 Å². The first-order valence-electron chi connectivity index (χ1n) is 8.07. The molecule has 2 rings (SSSR count). The minimum absolute atomic E-state index is 0. The molecule has 0 spiro atoms. The average molecular weight is 469 g/mol. The molecular weight excluding hydrogens is 445 g/mol. The zero-order valence-corrected chi connectivity index (χ0v) is 16.5. The maximum Gasteiger partial charge on any atom is 0.340 e. The van der Waals surface area contributed by atoms with Crippen molar-refractivity contribution < 1.29 is 48.7 Å². The fourth-order valence-corrected chi connectivity index (χ4v) is 3.71. The van der Waals surface area contributed by atoms with Crippen LogP contribution in [0.3, 0.4) is 0 Å². The van der Waals surface area contributed by atoms with Gasteiger partial charge < -0.3 is 29.5 Å². The zero-order chi connectivity index (χ0) is 22.6. The molecular formula is C20H24NO10P. The van der Waals surface area contributed by atoms with Crippen LogP contribution in [0.25, 0.3) is 0 Å². The predicted molar refractivity (Wildman–Crippen MR) is 117 cm³/mol. The molecule has 0 aliphatic heterocycles. The summed E-state index contributed by atoms with van der Waals surface area (Å²) in [5.74, 6) is -6.82. The number of carboxylic acid groups (broad SMARTS) is 4. The Morgan fingerprint density at radius 1 is 0.719 bits per heavy atom. The average Bonchev–Trinajstić information content (AvgIpc) is 2.66. The highest BCUT2D eigenvalue weighted by Gasteiger charge is 2.29. The Kier molecular flexibility index (Phi) is 9.64. The number of rotatable bonds is 8. The van der Waals surface area contributed by atoms with E-state index in [0.717, 1.165) is 12.1 Å². The van der Waals surface area contributed by atoms with E-state index >= 15 is 0 Å². The Morgan fingerprint density at radius 2 is 1.06 bits per heavy atom. The summed E-state index contributed by atoms with van der Waals surface area (Å²) in [4.78, 5) is 45.9. The monoisotopic (exact) mass is 469 g/mol. The van der Waals surface area contributed by atoms with Crippen molar-refractivity contribution in [2.24, 2.45) is 4.74 Å². The van der Waals surface area contributed by atoms with Gasteiger partial charge in [-0.05, 0) is 24.3 Å². The van der Waals surface area contributed by atoms with Crippen LogP contribution in [0.4, 0.5) is 0 Å². The van der Waals surface area contributed by atoms with Gasteiger partial charge in [0.2, 0.25) is 0 Å². The van der Waals surface area contributed by atoms with Crippen LogP contribution in [0.1, 0.15) is 56.3 Å². The van der Waals surface area contributed by atoms with Crippen molar-refractivity contribution in [2.75, 3.05) is 13.7 Å². The molecule has 0 saturated heterocycles. The molecule has 174 valence electrons. The molecule has 4 N–H and O–H groups in total. The lowest BCUT2D eigenvalue weighted by atomic mass is 10.1. The molecule has 0 saturated carbocycles. The molecule has 0 amide bonds. The molecule has 2 aromatic rings. The lowest BCUT2D eigenvalue weighted by Gasteiger charge is -2.23. The lowest BCUT2D eigenvalue weighted by Crippen LogP contribution is -2.13. The van der Waals surface area contributed by atoms with Crippen molar-refractivity contribution in [1.29, 1.82) is 0 Å². The molecule has 32 heavy (non-hydrogen) atoms. The van der Waals surface area contributed by atoms with Gasteiger partial charge in [0, 0.05) is 13.7 Å². The van der Waals surface area contributed by atoms with E-state index in [0.29, 0.717) is 0 Å². The fraction of sp³-hybridized carbons (Fsp3) is 0.200. The molecule has 0 unspecified atom stereocenters. The number of carboxylic acids is 4.